The van der Waals surface area contributed by atoms with Gasteiger partial charge in [-0.05, 0) is 51.1 Å². The van der Waals surface area contributed by atoms with Crippen LogP contribution in [0.3, 0.4) is 0 Å². The molecule has 0 fully saturated rings. The Morgan fingerprint density at radius 1 is 0.578 bits per heavy atom. The maximum absolute atomic E-state index is 9.75. The molecule has 0 spiro atoms. The summed E-state index contributed by atoms with van der Waals surface area (Å²) < 4.78 is 43.0. The van der Waals surface area contributed by atoms with Gasteiger partial charge in [0.05, 0.1) is 5.21 Å². The highest BCUT2D eigenvalue weighted by Gasteiger charge is 2.21. The molecule has 0 saturated heterocycles. The third-order valence-corrected chi connectivity index (χ3v) is 7.25. The standard InChI is InChI=1S/C37H32N3.BF4/c1-39-35(28-40(38-39)27-26-29-14-6-2-7-15-29)30-22-24-34(25-23-30)37(33-20-12-5-13-21-33)36(31-16-8-3-9-17-31)32-18-10-4-11-19-32;2-1(3,4)5/h2-25,28H,26-27H2,1H3;/q+1;-1. The molecule has 45 heavy (non-hydrogen) atoms. The average molecular weight is 605 g/mol. The van der Waals surface area contributed by atoms with Gasteiger partial charge in [-0.25, -0.2) is 0 Å². The Balaban J connectivity index is 0.000000743. The van der Waals surface area contributed by atoms with Crippen LogP contribution in [0.2, 0.25) is 0 Å². The van der Waals surface area contributed by atoms with Crippen molar-refractivity contribution in [2.24, 2.45) is 7.05 Å². The fourth-order valence-electron chi connectivity index (χ4n) is 5.26. The molecule has 6 rings (SSSR count). The van der Waals surface area contributed by atoms with E-state index in [1.165, 1.54) is 39.0 Å². The van der Waals surface area contributed by atoms with Crippen LogP contribution < -0.4 is 4.68 Å². The van der Waals surface area contributed by atoms with Gasteiger partial charge in [0.15, 0.2) is 11.9 Å². The van der Waals surface area contributed by atoms with Gasteiger partial charge in [-0.2, -0.15) is 0 Å². The van der Waals surface area contributed by atoms with E-state index in [0.29, 0.717) is 0 Å². The summed E-state index contributed by atoms with van der Waals surface area (Å²) >= 11 is 0. The second-order valence-electron chi connectivity index (χ2n) is 10.4. The number of aryl methyl sites for hydroxylation is 3. The topological polar surface area (TPSA) is 21.7 Å². The van der Waals surface area contributed by atoms with Gasteiger partial charge in [0, 0.05) is 12.0 Å². The van der Waals surface area contributed by atoms with E-state index in [1.807, 2.05) is 16.4 Å². The van der Waals surface area contributed by atoms with Crippen LogP contribution in [0, 0.1) is 0 Å². The van der Waals surface area contributed by atoms with E-state index in [2.05, 4.69) is 152 Å². The van der Waals surface area contributed by atoms with Gasteiger partial charge >= 0.3 is 7.25 Å². The predicted molar refractivity (Wildman–Crippen MR) is 174 cm³/mol. The zero-order valence-electron chi connectivity index (χ0n) is 24.8. The SMILES string of the molecule is Cn1n[n+](CCc2ccccc2)cc1-c1ccc(C(=C(c2ccccc2)c2ccccc2)c2ccccc2)cc1.F[B-](F)(F)F. The number of aromatic nitrogens is 3. The number of rotatable bonds is 8. The predicted octanol–water partition coefficient (Wildman–Crippen LogP) is 8.92. The first-order chi connectivity index (χ1) is 21.8. The molecular weight excluding hydrogens is 573 g/mol. The van der Waals surface area contributed by atoms with Crippen LogP contribution in [0.1, 0.15) is 27.8 Å². The number of hydrogen-bond acceptors (Lipinski definition) is 1. The van der Waals surface area contributed by atoms with Crippen molar-refractivity contribution >= 4 is 18.4 Å². The molecule has 8 heteroatoms. The maximum Gasteiger partial charge on any atom is 0.673 e. The molecule has 6 aromatic rings. The molecule has 0 unspecified atom stereocenters. The third-order valence-electron chi connectivity index (χ3n) is 7.25. The summed E-state index contributed by atoms with van der Waals surface area (Å²) in [7, 11) is -3.99. The number of hydrogen-bond donors (Lipinski definition) is 0. The Morgan fingerprint density at radius 2 is 0.956 bits per heavy atom. The van der Waals surface area contributed by atoms with Crippen molar-refractivity contribution in [1.82, 2.24) is 9.90 Å². The molecule has 0 radical (unpaired) electrons. The van der Waals surface area contributed by atoms with Crippen LogP contribution >= 0.6 is 0 Å². The Morgan fingerprint density at radius 3 is 1.38 bits per heavy atom. The Hall–Kier alpha value is -5.24. The summed E-state index contributed by atoms with van der Waals surface area (Å²) in [5, 5.41) is 4.74. The van der Waals surface area contributed by atoms with E-state index >= 15 is 0 Å². The highest BCUT2D eigenvalue weighted by atomic mass is 19.5. The highest BCUT2D eigenvalue weighted by molar-refractivity contribution is 6.50. The van der Waals surface area contributed by atoms with Crippen LogP contribution in [0.25, 0.3) is 22.4 Å². The number of halogens is 4. The molecule has 1 heterocycles. The minimum absolute atomic E-state index is 0.842. The molecule has 0 saturated carbocycles. The van der Waals surface area contributed by atoms with Crippen LogP contribution in [0.15, 0.2) is 152 Å². The van der Waals surface area contributed by atoms with Crippen molar-refractivity contribution in [1.29, 1.82) is 0 Å². The second kappa shape index (κ2) is 14.5. The molecule has 3 nitrogen and oxygen atoms in total. The van der Waals surface area contributed by atoms with Gasteiger partial charge in [0.25, 0.3) is 0 Å². The zero-order chi connectivity index (χ0) is 31.6. The maximum atomic E-state index is 9.75. The van der Waals surface area contributed by atoms with Gasteiger partial charge < -0.3 is 17.3 Å². The molecule has 0 atom stereocenters. The molecule has 1 aromatic heterocycles. The molecule has 5 aromatic carbocycles. The minimum atomic E-state index is -6.00. The molecule has 0 aliphatic heterocycles. The van der Waals surface area contributed by atoms with E-state index in [9.17, 15) is 17.3 Å². The summed E-state index contributed by atoms with van der Waals surface area (Å²) in [5.74, 6) is 0. The summed E-state index contributed by atoms with van der Waals surface area (Å²) in [6, 6.07) is 51.6. The highest BCUT2D eigenvalue weighted by Crippen LogP contribution is 2.37. The van der Waals surface area contributed by atoms with Crippen LogP contribution in [0.5, 0.6) is 0 Å². The fourth-order valence-corrected chi connectivity index (χ4v) is 5.26. The van der Waals surface area contributed by atoms with Crippen molar-refractivity contribution < 1.29 is 21.9 Å². The fraction of sp³-hybridized carbons (Fsp3) is 0.0811. The normalized spacial score (nSPS) is 11.0. The van der Waals surface area contributed by atoms with Crippen molar-refractivity contribution in [3.05, 3.63) is 180 Å². The van der Waals surface area contributed by atoms with Crippen molar-refractivity contribution in [2.75, 3.05) is 0 Å². The monoisotopic (exact) mass is 605 g/mol. The molecule has 0 aliphatic carbocycles. The van der Waals surface area contributed by atoms with E-state index < -0.39 is 7.25 Å². The van der Waals surface area contributed by atoms with Crippen LogP contribution in [-0.4, -0.2) is 17.1 Å². The van der Waals surface area contributed by atoms with Gasteiger partial charge in [0.2, 0.25) is 0 Å². The van der Waals surface area contributed by atoms with Crippen molar-refractivity contribution in [2.45, 2.75) is 13.0 Å². The number of benzene rings is 5. The first-order valence-electron chi connectivity index (χ1n) is 14.6. The van der Waals surface area contributed by atoms with Gasteiger partial charge in [0.1, 0.15) is 13.6 Å². The minimum Gasteiger partial charge on any atom is -0.418 e. The summed E-state index contributed by atoms with van der Waals surface area (Å²) in [5.41, 5.74) is 10.8. The zero-order valence-corrected chi connectivity index (χ0v) is 24.8. The lowest BCUT2D eigenvalue weighted by Gasteiger charge is -2.18. The Kier molecular flexibility index (Phi) is 10.0. The molecule has 0 N–H and O–H groups in total. The van der Waals surface area contributed by atoms with Crippen LogP contribution in [-0.2, 0) is 20.0 Å². The second-order valence-corrected chi connectivity index (χ2v) is 10.4. The first-order valence-corrected chi connectivity index (χ1v) is 14.6. The molecular formula is C37H32BF4N3. The Labute approximate surface area is 260 Å². The van der Waals surface area contributed by atoms with Crippen molar-refractivity contribution in [3.63, 3.8) is 0 Å². The average Bonchev–Trinajstić information content (AvgIpc) is 3.44. The number of nitrogens with zero attached hydrogens (tertiary/aromatic N) is 3. The molecule has 0 amide bonds. The Bertz CT molecular complexity index is 1770. The lowest BCUT2D eigenvalue weighted by atomic mass is 9.85. The first kappa shape index (κ1) is 31.2. The molecule has 0 aliphatic rings. The van der Waals surface area contributed by atoms with E-state index in [0.717, 1.165) is 24.2 Å². The van der Waals surface area contributed by atoms with E-state index in [-0.39, 0.29) is 0 Å². The van der Waals surface area contributed by atoms with Gasteiger partial charge in [-0.3, -0.25) is 0 Å². The summed E-state index contributed by atoms with van der Waals surface area (Å²) in [6.45, 7) is 0.842. The van der Waals surface area contributed by atoms with Gasteiger partial charge in [-0.1, -0.05) is 133 Å². The summed E-state index contributed by atoms with van der Waals surface area (Å²) in [4.78, 5) is 0. The summed E-state index contributed by atoms with van der Waals surface area (Å²) in [6.07, 6.45) is 3.10. The van der Waals surface area contributed by atoms with E-state index in [4.69, 9.17) is 5.21 Å². The molecule has 226 valence electrons. The molecule has 0 bridgehead atoms. The van der Waals surface area contributed by atoms with Gasteiger partial charge in [-0.15, -0.1) is 9.36 Å². The van der Waals surface area contributed by atoms with E-state index in [1.54, 1.807) is 0 Å². The lowest BCUT2D eigenvalue weighted by Crippen LogP contribution is -2.37. The third kappa shape index (κ3) is 8.66. The quantitative estimate of drug-likeness (QED) is 0.0735. The lowest BCUT2D eigenvalue weighted by molar-refractivity contribution is -0.754. The van der Waals surface area contributed by atoms with Crippen LogP contribution in [0.4, 0.5) is 17.3 Å². The smallest absolute Gasteiger partial charge is 0.418 e. The largest absolute Gasteiger partial charge is 0.673 e. The van der Waals surface area contributed by atoms with Crippen molar-refractivity contribution in [3.8, 4) is 11.3 Å².